The van der Waals surface area contributed by atoms with Crippen LogP contribution in [0.25, 0.3) is 0 Å². The van der Waals surface area contributed by atoms with E-state index in [1.807, 2.05) is 18.2 Å². The van der Waals surface area contributed by atoms with Gasteiger partial charge < -0.3 is 14.5 Å². The molecular formula is C30H34N4O4. The fourth-order valence-electron chi connectivity index (χ4n) is 5.88. The molecule has 0 spiro atoms. The zero-order valence-electron chi connectivity index (χ0n) is 21.9. The van der Waals surface area contributed by atoms with E-state index >= 15 is 0 Å². The number of nitriles is 1. The summed E-state index contributed by atoms with van der Waals surface area (Å²) in [5.74, 6) is -0.210. The summed E-state index contributed by atoms with van der Waals surface area (Å²) in [4.78, 5) is 40.8. The molecule has 0 aliphatic carbocycles. The normalized spacial score (nSPS) is 21.1. The van der Waals surface area contributed by atoms with Gasteiger partial charge in [-0.2, -0.15) is 5.26 Å². The van der Waals surface area contributed by atoms with Gasteiger partial charge in [0.1, 0.15) is 11.8 Å². The Hall–Kier alpha value is -3.70. The Morgan fingerprint density at radius 2 is 1.89 bits per heavy atom. The van der Waals surface area contributed by atoms with E-state index in [0.29, 0.717) is 30.9 Å². The Labute approximate surface area is 223 Å². The SMILES string of the molecule is Cc1cccc(C2(C#N)CCN(CCCCOc3cccc4c3CN(C3CCC(=O)NC3=O)C4=O)CC2)c1. The monoisotopic (exact) mass is 514 g/mol. The quantitative estimate of drug-likeness (QED) is 0.428. The van der Waals surface area contributed by atoms with E-state index < -0.39 is 17.4 Å². The van der Waals surface area contributed by atoms with Gasteiger partial charge in [0.15, 0.2) is 0 Å². The molecule has 3 aliphatic rings. The Morgan fingerprint density at radius 3 is 2.63 bits per heavy atom. The third-order valence-corrected chi connectivity index (χ3v) is 8.16. The van der Waals surface area contributed by atoms with Crippen molar-refractivity contribution < 1.29 is 19.1 Å². The molecule has 0 saturated carbocycles. The van der Waals surface area contributed by atoms with Crippen LogP contribution in [-0.4, -0.2) is 59.8 Å². The van der Waals surface area contributed by atoms with Gasteiger partial charge in [0, 0.05) is 17.5 Å². The third-order valence-electron chi connectivity index (χ3n) is 8.16. The minimum Gasteiger partial charge on any atom is -0.493 e. The number of hydrogen-bond acceptors (Lipinski definition) is 6. The van der Waals surface area contributed by atoms with Crippen molar-refractivity contribution in [3.63, 3.8) is 0 Å². The van der Waals surface area contributed by atoms with Crippen molar-refractivity contribution in [1.82, 2.24) is 15.1 Å². The molecule has 0 aromatic heterocycles. The van der Waals surface area contributed by atoms with Crippen molar-refractivity contribution in [1.29, 1.82) is 5.26 Å². The number of imide groups is 1. The van der Waals surface area contributed by atoms with Crippen LogP contribution in [0.1, 0.15) is 65.6 Å². The van der Waals surface area contributed by atoms with Crippen LogP contribution in [-0.2, 0) is 21.5 Å². The zero-order valence-corrected chi connectivity index (χ0v) is 21.9. The lowest BCUT2D eigenvalue weighted by molar-refractivity contribution is -0.136. The first-order valence-corrected chi connectivity index (χ1v) is 13.5. The molecule has 3 aliphatic heterocycles. The highest BCUT2D eigenvalue weighted by Gasteiger charge is 2.40. The molecule has 3 heterocycles. The van der Waals surface area contributed by atoms with Crippen LogP contribution in [0.3, 0.4) is 0 Å². The first-order chi connectivity index (χ1) is 18.4. The first-order valence-electron chi connectivity index (χ1n) is 13.5. The van der Waals surface area contributed by atoms with Crippen LogP contribution in [0.4, 0.5) is 0 Å². The highest BCUT2D eigenvalue weighted by atomic mass is 16.5. The van der Waals surface area contributed by atoms with E-state index in [0.717, 1.165) is 56.4 Å². The second-order valence-corrected chi connectivity index (χ2v) is 10.6. The van der Waals surface area contributed by atoms with Crippen LogP contribution >= 0.6 is 0 Å². The lowest BCUT2D eigenvalue weighted by atomic mass is 9.73. The summed E-state index contributed by atoms with van der Waals surface area (Å²) in [7, 11) is 0. The molecule has 8 heteroatoms. The van der Waals surface area contributed by atoms with Gasteiger partial charge in [-0.05, 0) is 76.4 Å². The van der Waals surface area contributed by atoms with Crippen LogP contribution in [0.2, 0.25) is 0 Å². The lowest BCUT2D eigenvalue weighted by Gasteiger charge is -2.37. The van der Waals surface area contributed by atoms with Gasteiger partial charge in [-0.15, -0.1) is 0 Å². The minimum atomic E-state index is -0.629. The van der Waals surface area contributed by atoms with E-state index in [1.54, 1.807) is 11.0 Å². The molecule has 198 valence electrons. The number of amides is 3. The number of benzene rings is 2. The van der Waals surface area contributed by atoms with Crippen molar-refractivity contribution in [3.8, 4) is 11.8 Å². The Balaban J connectivity index is 1.09. The molecule has 8 nitrogen and oxygen atoms in total. The zero-order chi connectivity index (χ0) is 26.7. The molecule has 1 N–H and O–H groups in total. The van der Waals surface area contributed by atoms with Gasteiger partial charge >= 0.3 is 0 Å². The molecule has 0 radical (unpaired) electrons. The second-order valence-electron chi connectivity index (χ2n) is 10.6. The largest absolute Gasteiger partial charge is 0.493 e. The number of piperidine rings is 2. The lowest BCUT2D eigenvalue weighted by Crippen LogP contribution is -2.52. The summed E-state index contributed by atoms with van der Waals surface area (Å²) in [6.07, 6.45) is 4.14. The molecular weight excluding hydrogens is 480 g/mol. The molecule has 1 unspecified atom stereocenters. The Morgan fingerprint density at radius 1 is 1.11 bits per heavy atom. The number of hydrogen-bond donors (Lipinski definition) is 1. The molecule has 5 rings (SSSR count). The molecule has 1 atom stereocenters. The molecule has 38 heavy (non-hydrogen) atoms. The van der Waals surface area contributed by atoms with E-state index in [1.165, 1.54) is 5.56 Å². The number of nitrogens with one attached hydrogen (secondary N) is 1. The number of unbranched alkanes of at least 4 members (excludes halogenated alkanes) is 1. The molecule has 3 amide bonds. The Bertz CT molecular complexity index is 1280. The molecule has 2 saturated heterocycles. The van der Waals surface area contributed by atoms with E-state index in [-0.39, 0.29) is 18.2 Å². The summed E-state index contributed by atoms with van der Waals surface area (Å²) in [6, 6.07) is 15.8. The highest BCUT2D eigenvalue weighted by molar-refractivity contribution is 6.05. The van der Waals surface area contributed by atoms with E-state index in [9.17, 15) is 19.6 Å². The number of aryl methyl sites for hydroxylation is 1. The number of rotatable bonds is 8. The van der Waals surface area contributed by atoms with Gasteiger partial charge in [0.2, 0.25) is 11.8 Å². The number of carbonyl (C=O) groups excluding carboxylic acids is 3. The van der Waals surface area contributed by atoms with Crippen LogP contribution < -0.4 is 10.1 Å². The summed E-state index contributed by atoms with van der Waals surface area (Å²) in [6.45, 7) is 5.71. The van der Waals surface area contributed by atoms with Gasteiger partial charge in [-0.25, -0.2) is 0 Å². The predicted molar refractivity (Wildman–Crippen MR) is 141 cm³/mol. The van der Waals surface area contributed by atoms with E-state index in [4.69, 9.17) is 4.74 Å². The summed E-state index contributed by atoms with van der Waals surface area (Å²) in [5, 5.41) is 12.3. The number of likely N-dealkylation sites (tertiary alicyclic amines) is 1. The molecule has 2 aromatic rings. The molecule has 2 aromatic carbocycles. The third kappa shape index (κ3) is 5.16. The van der Waals surface area contributed by atoms with Crippen LogP contribution in [0.5, 0.6) is 5.75 Å². The number of ether oxygens (including phenoxy) is 1. The minimum absolute atomic E-state index is 0.191. The van der Waals surface area contributed by atoms with Gasteiger partial charge in [0.05, 0.1) is 24.6 Å². The van der Waals surface area contributed by atoms with Crippen molar-refractivity contribution >= 4 is 17.7 Å². The second kappa shape index (κ2) is 11.0. The summed E-state index contributed by atoms with van der Waals surface area (Å²) >= 11 is 0. The van der Waals surface area contributed by atoms with E-state index in [2.05, 4.69) is 41.4 Å². The van der Waals surface area contributed by atoms with Crippen LogP contribution in [0.15, 0.2) is 42.5 Å². The van der Waals surface area contributed by atoms with Crippen molar-refractivity contribution in [2.45, 2.75) is 63.5 Å². The maximum atomic E-state index is 13.0. The van der Waals surface area contributed by atoms with Crippen molar-refractivity contribution in [2.75, 3.05) is 26.2 Å². The molecule has 0 bridgehead atoms. The van der Waals surface area contributed by atoms with Gasteiger partial charge in [-0.1, -0.05) is 35.9 Å². The standard InChI is InChI=1S/C30H34N4O4/c1-21-6-4-7-22(18-21)30(20-31)12-15-33(16-13-30)14-2-3-17-38-26-9-5-8-23-24(26)19-34(29(23)37)25-10-11-27(35)32-28(25)36/h4-9,18,25H,2-3,10-17,19H2,1H3,(H,32,35,36). The Kier molecular flexibility index (Phi) is 7.48. The smallest absolute Gasteiger partial charge is 0.255 e. The first kappa shape index (κ1) is 25.9. The average molecular weight is 515 g/mol. The number of nitrogens with zero attached hydrogens (tertiary/aromatic N) is 3. The van der Waals surface area contributed by atoms with Crippen molar-refractivity contribution in [3.05, 3.63) is 64.7 Å². The number of carbonyl (C=O) groups is 3. The highest BCUT2D eigenvalue weighted by Crippen LogP contribution is 2.36. The summed E-state index contributed by atoms with van der Waals surface area (Å²) in [5.41, 5.74) is 3.31. The fourth-order valence-corrected chi connectivity index (χ4v) is 5.88. The van der Waals surface area contributed by atoms with Crippen LogP contribution in [0, 0.1) is 18.3 Å². The topological polar surface area (TPSA) is 103 Å². The average Bonchev–Trinajstić information content (AvgIpc) is 3.25. The van der Waals surface area contributed by atoms with Gasteiger partial charge in [-0.3, -0.25) is 19.7 Å². The maximum absolute atomic E-state index is 13.0. The maximum Gasteiger partial charge on any atom is 0.255 e. The molecule has 2 fully saturated rings. The predicted octanol–water partition coefficient (Wildman–Crippen LogP) is 3.47. The van der Waals surface area contributed by atoms with Crippen molar-refractivity contribution in [2.24, 2.45) is 0 Å². The van der Waals surface area contributed by atoms with Gasteiger partial charge in [0.25, 0.3) is 5.91 Å². The number of fused-ring (bicyclic) bond motifs is 1. The fraction of sp³-hybridized carbons (Fsp3) is 0.467. The summed E-state index contributed by atoms with van der Waals surface area (Å²) < 4.78 is 6.09.